The number of hydrogen-bond donors (Lipinski definition) is 0. The van der Waals surface area contributed by atoms with Crippen molar-refractivity contribution in [2.45, 2.75) is 51.9 Å². The maximum Gasteiger partial charge on any atom is 0.266 e. The Morgan fingerprint density at radius 1 is 1.04 bits per heavy atom. The first kappa shape index (κ1) is 16.3. The molecule has 0 amide bonds. The van der Waals surface area contributed by atoms with Gasteiger partial charge in [-0.1, -0.05) is 70.4 Å². The molecule has 0 saturated carbocycles. The van der Waals surface area contributed by atoms with E-state index in [9.17, 15) is 4.57 Å². The van der Waals surface area contributed by atoms with Gasteiger partial charge < -0.3 is 4.52 Å². The van der Waals surface area contributed by atoms with Crippen LogP contribution in [0.1, 0.15) is 52.0 Å². The lowest BCUT2D eigenvalue weighted by atomic mass is 9.79. The molecule has 0 bridgehead atoms. The molecule has 1 unspecified atom stereocenters. The Morgan fingerprint density at radius 2 is 1.83 bits per heavy atom. The summed E-state index contributed by atoms with van der Waals surface area (Å²) in [4.78, 5) is 0. The van der Waals surface area contributed by atoms with Crippen molar-refractivity contribution in [1.29, 1.82) is 0 Å². The van der Waals surface area contributed by atoms with Crippen LogP contribution in [0.3, 0.4) is 0 Å². The average molecular weight is 328 g/mol. The van der Waals surface area contributed by atoms with E-state index in [1.165, 1.54) is 24.8 Å². The summed E-state index contributed by atoms with van der Waals surface area (Å²) < 4.78 is 18.2. The van der Waals surface area contributed by atoms with Gasteiger partial charge in [-0.2, -0.15) is 0 Å². The van der Waals surface area contributed by atoms with Crippen LogP contribution in [0.25, 0.3) is 11.1 Å². The first-order valence-corrected chi connectivity index (χ1v) is 9.80. The Kier molecular flexibility index (Phi) is 4.64. The number of unbranched alkanes of at least 4 members (excludes halogenated alkanes) is 2. The zero-order valence-corrected chi connectivity index (χ0v) is 15.2. The molecule has 0 saturated heterocycles. The Balaban J connectivity index is 1.97. The molecule has 0 N–H and O–H groups in total. The van der Waals surface area contributed by atoms with Gasteiger partial charge in [-0.3, -0.25) is 4.57 Å². The normalized spacial score (nSPS) is 16.4. The predicted octanol–water partition coefficient (Wildman–Crippen LogP) is 5.70. The van der Waals surface area contributed by atoms with E-state index in [0.29, 0.717) is 0 Å². The van der Waals surface area contributed by atoms with E-state index in [-0.39, 0.29) is 5.41 Å². The summed E-state index contributed by atoms with van der Waals surface area (Å²) in [5, 5.41) is 0.870. The third kappa shape index (κ3) is 3.23. The molecule has 0 aliphatic carbocycles. The highest BCUT2D eigenvalue weighted by Crippen LogP contribution is 2.43. The fraction of sp³-hybridized carbons (Fsp3) is 0.400. The van der Waals surface area contributed by atoms with Crippen molar-refractivity contribution in [2.24, 2.45) is 0 Å². The molecule has 1 aliphatic rings. The van der Waals surface area contributed by atoms with Gasteiger partial charge in [0.1, 0.15) is 5.75 Å². The molecular formula is C20H25O2P. The lowest BCUT2D eigenvalue weighted by Crippen LogP contribution is -2.20. The van der Waals surface area contributed by atoms with Crippen LogP contribution in [-0.4, -0.2) is 0 Å². The fourth-order valence-electron chi connectivity index (χ4n) is 3.26. The molecule has 2 aromatic rings. The quantitative estimate of drug-likeness (QED) is 0.519. The maximum atomic E-state index is 12.6. The molecular weight excluding hydrogens is 303 g/mol. The van der Waals surface area contributed by atoms with Crippen LogP contribution in [0.15, 0.2) is 42.5 Å². The highest BCUT2D eigenvalue weighted by Gasteiger charge is 2.26. The first-order chi connectivity index (χ1) is 11.0. The number of benzene rings is 2. The van der Waals surface area contributed by atoms with E-state index in [1.807, 2.05) is 24.3 Å². The molecule has 0 aromatic heterocycles. The predicted molar refractivity (Wildman–Crippen MR) is 98.3 cm³/mol. The Bertz CT molecular complexity index is 734. The average Bonchev–Trinajstić information content (AvgIpc) is 2.55. The lowest BCUT2D eigenvalue weighted by molar-refractivity contribution is 0.450. The summed E-state index contributed by atoms with van der Waals surface area (Å²) in [6.07, 6.45) is 4.88. The molecule has 0 spiro atoms. The van der Waals surface area contributed by atoms with Gasteiger partial charge in [0, 0.05) is 5.56 Å². The van der Waals surface area contributed by atoms with Crippen molar-refractivity contribution < 1.29 is 9.09 Å². The van der Waals surface area contributed by atoms with Crippen LogP contribution in [0.4, 0.5) is 0 Å². The van der Waals surface area contributed by atoms with Crippen LogP contribution in [0, 0.1) is 0 Å². The summed E-state index contributed by atoms with van der Waals surface area (Å²) in [5.74, 6) is 0.735. The molecule has 3 rings (SSSR count). The molecule has 3 heteroatoms. The van der Waals surface area contributed by atoms with Crippen LogP contribution in [0.5, 0.6) is 5.75 Å². The standard InChI is InChI=1S/C20H25O2P/c1-4-5-8-13-20(2,3)15-11-12-17-16-9-6-7-10-18(16)22-23(21)19(17)14-15/h6-7,9-12,14,23H,4-5,8,13H2,1-3H3. The monoisotopic (exact) mass is 328 g/mol. The second-order valence-corrected chi connectivity index (χ2v) is 8.30. The van der Waals surface area contributed by atoms with E-state index >= 15 is 0 Å². The smallest absolute Gasteiger partial charge is 0.266 e. The third-order valence-electron chi connectivity index (χ3n) is 4.81. The minimum absolute atomic E-state index is 0.101. The second-order valence-electron chi connectivity index (χ2n) is 6.99. The van der Waals surface area contributed by atoms with E-state index in [4.69, 9.17) is 4.52 Å². The van der Waals surface area contributed by atoms with E-state index < -0.39 is 8.03 Å². The van der Waals surface area contributed by atoms with Gasteiger partial charge in [-0.05, 0) is 35.1 Å². The molecule has 2 aromatic carbocycles. The molecule has 1 atom stereocenters. The number of fused-ring (bicyclic) bond motifs is 3. The highest BCUT2D eigenvalue weighted by molar-refractivity contribution is 7.49. The van der Waals surface area contributed by atoms with Gasteiger partial charge in [0.25, 0.3) is 8.03 Å². The largest absolute Gasteiger partial charge is 0.441 e. The molecule has 1 heterocycles. The summed E-state index contributed by atoms with van der Waals surface area (Å²) in [6, 6.07) is 14.3. The van der Waals surface area contributed by atoms with Crippen molar-refractivity contribution in [3.8, 4) is 16.9 Å². The van der Waals surface area contributed by atoms with E-state index in [2.05, 4.69) is 39.0 Å². The van der Waals surface area contributed by atoms with Crippen LogP contribution in [0.2, 0.25) is 0 Å². The van der Waals surface area contributed by atoms with Gasteiger partial charge >= 0.3 is 0 Å². The van der Waals surface area contributed by atoms with Crippen LogP contribution in [-0.2, 0) is 9.98 Å². The Labute approximate surface area is 139 Å². The van der Waals surface area contributed by atoms with Gasteiger partial charge in [-0.15, -0.1) is 0 Å². The summed E-state index contributed by atoms with van der Waals surface area (Å²) in [7, 11) is -2.22. The SMILES string of the molecule is CCCCCC(C)(C)c1ccc2c(c1)[PH](=O)Oc1ccccc1-2. The van der Waals surface area contributed by atoms with Crippen molar-refractivity contribution >= 4 is 13.3 Å². The van der Waals surface area contributed by atoms with Gasteiger partial charge in [0.2, 0.25) is 0 Å². The maximum absolute atomic E-state index is 12.6. The molecule has 1 aliphatic heterocycles. The molecule has 0 radical (unpaired) electrons. The fourth-order valence-corrected chi connectivity index (χ4v) is 4.46. The summed E-state index contributed by atoms with van der Waals surface area (Å²) in [6.45, 7) is 6.78. The zero-order valence-electron chi connectivity index (χ0n) is 14.2. The molecule has 2 nitrogen and oxygen atoms in total. The van der Waals surface area contributed by atoms with Gasteiger partial charge in [0.15, 0.2) is 0 Å². The summed E-state index contributed by atoms with van der Waals surface area (Å²) >= 11 is 0. The molecule has 0 fully saturated rings. The Morgan fingerprint density at radius 3 is 2.61 bits per heavy atom. The highest BCUT2D eigenvalue weighted by atomic mass is 31.1. The van der Waals surface area contributed by atoms with E-state index in [1.54, 1.807) is 0 Å². The van der Waals surface area contributed by atoms with Crippen LogP contribution >= 0.6 is 8.03 Å². The zero-order chi connectivity index (χ0) is 16.4. The Hall–Kier alpha value is -1.53. The van der Waals surface area contributed by atoms with Gasteiger partial charge in [0.05, 0.1) is 5.30 Å². The minimum atomic E-state index is -2.22. The van der Waals surface area contributed by atoms with Crippen molar-refractivity contribution in [1.82, 2.24) is 0 Å². The third-order valence-corrected chi connectivity index (χ3v) is 6.06. The van der Waals surface area contributed by atoms with Gasteiger partial charge in [-0.25, -0.2) is 0 Å². The number of rotatable bonds is 5. The van der Waals surface area contributed by atoms with Crippen LogP contribution < -0.4 is 9.83 Å². The molecule has 122 valence electrons. The topological polar surface area (TPSA) is 26.3 Å². The summed E-state index contributed by atoms with van der Waals surface area (Å²) in [5.41, 5.74) is 3.46. The van der Waals surface area contributed by atoms with Crippen molar-refractivity contribution in [2.75, 3.05) is 0 Å². The van der Waals surface area contributed by atoms with Crippen molar-refractivity contribution in [3.05, 3.63) is 48.0 Å². The van der Waals surface area contributed by atoms with E-state index in [0.717, 1.165) is 28.6 Å². The molecule has 23 heavy (non-hydrogen) atoms. The first-order valence-electron chi connectivity index (χ1n) is 8.49. The number of para-hydroxylation sites is 1. The second kappa shape index (κ2) is 6.53. The number of hydrogen-bond acceptors (Lipinski definition) is 2. The minimum Gasteiger partial charge on any atom is -0.441 e. The van der Waals surface area contributed by atoms with Crippen molar-refractivity contribution in [3.63, 3.8) is 0 Å². The lowest BCUT2D eigenvalue weighted by Gasteiger charge is -2.28.